The van der Waals surface area contributed by atoms with Gasteiger partial charge in [0.25, 0.3) is 0 Å². The van der Waals surface area contributed by atoms with Crippen molar-refractivity contribution in [2.75, 3.05) is 0 Å². The van der Waals surface area contributed by atoms with Crippen LogP contribution in [0.3, 0.4) is 0 Å². The Hall–Kier alpha value is 1.68. The monoisotopic (exact) mass is 363 g/mol. The van der Waals surface area contributed by atoms with Crippen molar-refractivity contribution in [3.05, 3.63) is 0 Å². The van der Waals surface area contributed by atoms with E-state index in [0.29, 0.717) is 0 Å². The van der Waals surface area contributed by atoms with Crippen LogP contribution in [0.15, 0.2) is 0 Å². The number of rotatable bonds is 0. The van der Waals surface area contributed by atoms with Crippen LogP contribution in [0.1, 0.15) is 1.43 Å². The van der Waals surface area contributed by atoms with Crippen LogP contribution in [0.25, 0.3) is 0 Å². The molecule has 0 saturated heterocycles. The van der Waals surface area contributed by atoms with Gasteiger partial charge in [0.1, 0.15) is 0 Å². The van der Waals surface area contributed by atoms with Gasteiger partial charge in [-0.2, -0.15) is 0 Å². The molecule has 0 unspecified atom stereocenters. The quantitative estimate of drug-likeness (QED) is 0.383. The van der Waals surface area contributed by atoms with Gasteiger partial charge in [-0.25, -0.2) is 0 Å². The van der Waals surface area contributed by atoms with Gasteiger partial charge in [0.15, 0.2) is 0 Å². The molecule has 0 rings (SSSR count). The zero-order valence-electron chi connectivity index (χ0n) is 6.67. The molecular formula is HCoLiMn2NiO8. The Kier molecular flexibility index (Phi) is 26.5. The molecule has 0 aromatic carbocycles. The summed E-state index contributed by atoms with van der Waals surface area (Å²) in [5, 5.41) is 0. The first kappa shape index (κ1) is 29.3. The van der Waals surface area contributed by atoms with E-state index in [1.165, 1.54) is 0 Å². The zero-order chi connectivity index (χ0) is 9.00. The first-order valence-corrected chi connectivity index (χ1v) is 5.09. The minimum atomic E-state index is -5.62. The van der Waals surface area contributed by atoms with Gasteiger partial charge < -0.3 is 1.43 Å². The summed E-state index contributed by atoms with van der Waals surface area (Å²) in [7, 11) is 0. The number of hydrogen-bond acceptors (Lipinski definition) is 8. The van der Waals surface area contributed by atoms with E-state index < -0.39 is 26.7 Å². The van der Waals surface area contributed by atoms with Crippen LogP contribution in [0, 0.1) is 0 Å². The maximum absolute atomic E-state index is 8.58. The van der Waals surface area contributed by atoms with Gasteiger partial charge in [-0.15, -0.1) is 0 Å². The van der Waals surface area contributed by atoms with Crippen molar-refractivity contribution in [3.63, 3.8) is 0 Å². The Bertz CT molecular complexity index is 224. The third kappa shape index (κ3) is 664. The predicted molar refractivity (Wildman–Crippen MR) is 3.86 cm³/mol. The van der Waals surface area contributed by atoms with Crippen LogP contribution < -0.4 is 35.6 Å². The molecule has 0 heterocycles. The third-order valence-electron chi connectivity index (χ3n) is 0. The molecule has 0 aliphatic rings. The van der Waals surface area contributed by atoms with Crippen LogP contribution in [-0.2, 0) is 75.3 Å². The molecule has 1 radical (unpaired) electrons. The van der Waals surface area contributed by atoms with Crippen LogP contribution in [-0.4, -0.2) is 0 Å². The second kappa shape index (κ2) is 11.7. The van der Waals surface area contributed by atoms with Crippen molar-refractivity contribution in [2.45, 2.75) is 0 Å². The van der Waals surface area contributed by atoms with Gasteiger partial charge in [0, 0.05) is 0 Å². The summed E-state index contributed by atoms with van der Waals surface area (Å²) in [5.41, 5.74) is 0. The van der Waals surface area contributed by atoms with Gasteiger partial charge in [-0.1, -0.05) is 0 Å². The summed E-state index contributed by atoms with van der Waals surface area (Å²) < 4.78 is 68.6. The molecule has 0 saturated carbocycles. The van der Waals surface area contributed by atoms with Crippen molar-refractivity contribution in [1.82, 2.24) is 0 Å². The molecule has 0 spiro atoms. The second-order valence-corrected chi connectivity index (χ2v) is 3.12. The van der Waals surface area contributed by atoms with E-state index in [-0.39, 0.29) is 53.6 Å². The molecule has 0 amide bonds. The summed E-state index contributed by atoms with van der Waals surface area (Å²) in [6.07, 6.45) is 0. The van der Waals surface area contributed by atoms with Crippen molar-refractivity contribution in [2.24, 2.45) is 0 Å². The van der Waals surface area contributed by atoms with Gasteiger partial charge in [0.05, 0.1) is 0 Å². The van der Waals surface area contributed by atoms with E-state index in [2.05, 4.69) is 0 Å². The normalized spacial score (nSPS) is 8.92. The first-order valence-electron chi connectivity index (χ1n) is 1.23. The van der Waals surface area contributed by atoms with Gasteiger partial charge in [-0.3, -0.25) is 0 Å². The third-order valence-corrected chi connectivity index (χ3v) is 0. The van der Waals surface area contributed by atoms with Crippen LogP contribution in [0.4, 0.5) is 0 Å². The molecular weight excluding hydrogens is 362 g/mol. The zero-order valence-corrected chi connectivity index (χ0v) is 10.1. The molecule has 13 heteroatoms. The number of hydrogen-bond donors (Lipinski definition) is 0. The molecule has 0 atom stereocenters. The SMILES string of the molecule is [Co+2].[H-].[Li+].[Ni+2].[O]=[Mn](=[O])([O-])[O-].[O]=[Mn](=[O])([O-])[O-]. The van der Waals surface area contributed by atoms with Gasteiger partial charge in [-0.05, 0) is 0 Å². The van der Waals surface area contributed by atoms with Crippen molar-refractivity contribution < 1.29 is 112 Å². The fourth-order valence-electron chi connectivity index (χ4n) is 0. The Morgan fingerprint density at radius 1 is 0.769 bits per heavy atom. The molecule has 0 aliphatic heterocycles. The standard InChI is InChI=1S/Co.Li.2Mn.Ni.8O.H/q+2;+1;;;+2;;;;;5*-1. The summed E-state index contributed by atoms with van der Waals surface area (Å²) in [5.74, 6) is 0. The van der Waals surface area contributed by atoms with Crippen LogP contribution in [0.5, 0.6) is 0 Å². The average molecular weight is 363 g/mol. The Morgan fingerprint density at radius 3 is 0.769 bits per heavy atom. The van der Waals surface area contributed by atoms with E-state index in [4.69, 9.17) is 32.1 Å². The summed E-state index contributed by atoms with van der Waals surface area (Å²) >= 11 is -11.2. The second-order valence-electron chi connectivity index (χ2n) is 0.756. The summed E-state index contributed by atoms with van der Waals surface area (Å²) in [6, 6.07) is 0. The fourth-order valence-corrected chi connectivity index (χ4v) is 0. The van der Waals surface area contributed by atoms with E-state index in [0.717, 1.165) is 0 Å². The first-order chi connectivity index (χ1) is 4.00. The Morgan fingerprint density at radius 2 is 0.769 bits per heavy atom. The molecule has 8 nitrogen and oxygen atoms in total. The fraction of sp³-hybridized carbons (Fsp3) is 0. The van der Waals surface area contributed by atoms with Crippen molar-refractivity contribution in [1.29, 1.82) is 0 Å². The molecule has 0 aromatic heterocycles. The molecule has 13 heavy (non-hydrogen) atoms. The van der Waals surface area contributed by atoms with Gasteiger partial charge >= 0.3 is 111 Å². The predicted octanol–water partition coefficient (Wildman–Crippen LogP) is -8.12. The molecule has 0 aromatic rings. The van der Waals surface area contributed by atoms with Crippen molar-refractivity contribution >= 4 is 0 Å². The topological polar surface area (TPSA) is 161 Å². The molecule has 0 aliphatic carbocycles. The maximum atomic E-state index is 8.58. The Labute approximate surface area is 111 Å². The van der Waals surface area contributed by atoms with Crippen LogP contribution >= 0.6 is 0 Å². The summed E-state index contributed by atoms with van der Waals surface area (Å²) in [4.78, 5) is 0. The van der Waals surface area contributed by atoms with Crippen molar-refractivity contribution in [3.8, 4) is 0 Å². The molecule has 0 fully saturated rings. The van der Waals surface area contributed by atoms with E-state index in [1.807, 2.05) is 0 Å². The average Bonchev–Trinajstić information content (AvgIpc) is 1.12. The van der Waals surface area contributed by atoms with Crippen LogP contribution in [0.2, 0.25) is 0 Å². The molecule has 0 bridgehead atoms. The Balaban J connectivity index is -0.0000000178. The summed E-state index contributed by atoms with van der Waals surface area (Å²) in [6.45, 7) is 0. The van der Waals surface area contributed by atoms with E-state index in [9.17, 15) is 0 Å². The molecule has 83 valence electrons. The van der Waals surface area contributed by atoms with E-state index in [1.54, 1.807) is 0 Å². The van der Waals surface area contributed by atoms with Gasteiger partial charge in [0.2, 0.25) is 0 Å². The molecule has 0 N–H and O–H groups in total. The minimum absolute atomic E-state index is 0. The van der Waals surface area contributed by atoms with E-state index >= 15 is 0 Å².